The molecule has 0 aliphatic carbocycles. The van der Waals surface area contributed by atoms with Gasteiger partial charge in [0.1, 0.15) is 5.71 Å². The molecule has 10 nitrogen and oxygen atoms in total. The number of rotatable bonds is 3. The summed E-state index contributed by atoms with van der Waals surface area (Å²) in [5, 5.41) is 10.2. The highest BCUT2D eigenvalue weighted by Crippen LogP contribution is 2.24. The molecule has 0 spiro atoms. The van der Waals surface area contributed by atoms with Gasteiger partial charge in [0.15, 0.2) is 0 Å². The smallest absolute Gasteiger partial charge is 0.369 e. The lowest BCUT2D eigenvalue weighted by Crippen LogP contribution is -2.23. The molecule has 23 heavy (non-hydrogen) atoms. The van der Waals surface area contributed by atoms with E-state index in [1.54, 1.807) is 12.1 Å². The van der Waals surface area contributed by atoms with Crippen molar-refractivity contribution in [3.05, 3.63) is 28.2 Å². The molecule has 1 aromatic rings. The van der Waals surface area contributed by atoms with Crippen LogP contribution in [0.1, 0.15) is 6.92 Å². The summed E-state index contributed by atoms with van der Waals surface area (Å²) >= 11 is 11.6. The van der Waals surface area contributed by atoms with Crippen LogP contribution in [-0.4, -0.2) is 35.1 Å². The van der Waals surface area contributed by atoms with E-state index in [0.29, 0.717) is 15.7 Å². The van der Waals surface area contributed by atoms with Crippen LogP contribution in [0.3, 0.4) is 0 Å². The van der Waals surface area contributed by atoms with Crippen LogP contribution in [0.4, 0.5) is 5.69 Å². The molecular weight excluding hydrogens is 373 g/mol. The van der Waals surface area contributed by atoms with Gasteiger partial charge in [-0.25, -0.2) is 0 Å². The van der Waals surface area contributed by atoms with E-state index in [1.807, 2.05) is 0 Å². The number of amides is 1. The largest absolute Gasteiger partial charge is 0.394 e. The molecule has 0 aliphatic rings. The zero-order valence-electron chi connectivity index (χ0n) is 11.6. The van der Waals surface area contributed by atoms with Gasteiger partial charge < -0.3 is 16.8 Å². The first-order valence-corrected chi connectivity index (χ1v) is 7.65. The topological polar surface area (TPSA) is 180 Å². The molecule has 0 bridgehead atoms. The lowest BCUT2D eigenvalue weighted by molar-refractivity contribution is -0.110. The molecule has 1 aromatic carbocycles. The first kappa shape index (κ1) is 21.1. The van der Waals surface area contributed by atoms with Gasteiger partial charge in [0.05, 0.1) is 10.0 Å². The summed E-state index contributed by atoms with van der Waals surface area (Å²) in [6, 6.07) is 4.71. The lowest BCUT2D eigenvalue weighted by Gasteiger charge is -2.05. The van der Waals surface area contributed by atoms with Gasteiger partial charge in [-0.3, -0.25) is 13.9 Å². The van der Waals surface area contributed by atoms with Gasteiger partial charge in [0, 0.05) is 5.69 Å². The van der Waals surface area contributed by atoms with E-state index >= 15 is 0 Å². The molecule has 0 radical (unpaired) electrons. The molecule has 0 aromatic heterocycles. The van der Waals surface area contributed by atoms with Crippen molar-refractivity contribution in [3.8, 4) is 0 Å². The molecule has 1 amide bonds. The third kappa shape index (κ3) is 11.3. The molecule has 0 heterocycles. The zero-order valence-corrected chi connectivity index (χ0v) is 13.9. The Morgan fingerprint density at radius 1 is 1.17 bits per heavy atom. The monoisotopic (exact) mass is 385 g/mol. The van der Waals surface area contributed by atoms with Crippen molar-refractivity contribution in [2.24, 2.45) is 21.7 Å². The fourth-order valence-electron chi connectivity index (χ4n) is 0.974. The van der Waals surface area contributed by atoms with Crippen molar-refractivity contribution in [2.75, 3.05) is 5.32 Å². The highest BCUT2D eigenvalue weighted by Gasteiger charge is 2.07. The molecule has 0 atom stereocenters. The number of nitrogens with two attached hydrogens (primary N) is 2. The number of nitrogens with one attached hydrogen (secondary N) is 1. The first-order valence-electron chi connectivity index (χ1n) is 5.49. The predicted octanol–water partition coefficient (Wildman–Crippen LogP) is 0.928. The summed E-state index contributed by atoms with van der Waals surface area (Å²) in [6.07, 6.45) is 0. The maximum Gasteiger partial charge on any atom is 0.394 e. The summed E-state index contributed by atoms with van der Waals surface area (Å²) in [5.74, 6) is -0.671. The predicted molar refractivity (Wildman–Crippen MR) is 88.2 cm³/mol. The van der Waals surface area contributed by atoms with E-state index in [2.05, 4.69) is 15.5 Å². The van der Waals surface area contributed by atoms with Crippen LogP contribution in [0.25, 0.3) is 0 Å². The summed E-state index contributed by atoms with van der Waals surface area (Å²) in [7, 11) is -4.67. The molecule has 13 heteroatoms. The second-order valence-corrected chi connectivity index (χ2v) is 5.45. The molecule has 128 valence electrons. The van der Waals surface area contributed by atoms with Crippen molar-refractivity contribution in [1.29, 1.82) is 0 Å². The standard InChI is InChI=1S/C10H11Cl2N5O.H2O4S/c1-5(16-17-10(13)14)9(18)15-6-2-3-7(11)8(12)4-6;1-5(2,3)4/h2-4H,1H3,(H,15,18)(H4,13,14,17);(H2,1,2,3,4). The second-order valence-electron chi connectivity index (χ2n) is 3.74. The maximum atomic E-state index is 11.7. The van der Waals surface area contributed by atoms with Gasteiger partial charge in [-0.15, -0.1) is 10.2 Å². The third-order valence-corrected chi connectivity index (χ3v) is 2.56. The van der Waals surface area contributed by atoms with E-state index < -0.39 is 16.3 Å². The Bertz CT molecular complexity index is 723. The minimum Gasteiger partial charge on any atom is -0.369 e. The molecular formula is C10H13Cl2N5O5S. The Kier molecular flexibility index (Phi) is 8.50. The van der Waals surface area contributed by atoms with Gasteiger partial charge >= 0.3 is 10.4 Å². The van der Waals surface area contributed by atoms with Crippen LogP contribution in [0.2, 0.25) is 10.0 Å². The lowest BCUT2D eigenvalue weighted by atomic mass is 10.3. The second kappa shape index (κ2) is 9.27. The summed E-state index contributed by atoms with van der Waals surface area (Å²) in [6.45, 7) is 1.47. The van der Waals surface area contributed by atoms with Crippen LogP contribution in [0, 0.1) is 0 Å². The van der Waals surface area contributed by atoms with Gasteiger partial charge in [-0.05, 0) is 25.1 Å². The number of carbonyl (C=O) groups is 1. The molecule has 0 aliphatic heterocycles. The SMILES string of the molecule is CC(=NN=C(N)N)C(=O)Nc1ccc(Cl)c(Cl)c1.O=S(=O)(O)O. The Labute approximate surface area is 141 Å². The fourth-order valence-corrected chi connectivity index (χ4v) is 1.27. The number of nitrogens with zero attached hydrogens (tertiary/aromatic N) is 2. The summed E-state index contributed by atoms with van der Waals surface area (Å²) < 4.78 is 31.6. The van der Waals surface area contributed by atoms with E-state index in [0.717, 1.165) is 0 Å². The highest BCUT2D eigenvalue weighted by atomic mass is 35.5. The quantitative estimate of drug-likeness (QED) is 0.222. The highest BCUT2D eigenvalue weighted by molar-refractivity contribution is 7.79. The van der Waals surface area contributed by atoms with Crippen molar-refractivity contribution in [3.63, 3.8) is 0 Å². The molecule has 0 saturated carbocycles. The molecule has 0 unspecified atom stereocenters. The Hall–Kier alpha value is -1.92. The van der Waals surface area contributed by atoms with Crippen molar-refractivity contribution < 1.29 is 22.3 Å². The minimum atomic E-state index is -4.67. The number of benzene rings is 1. The van der Waals surface area contributed by atoms with Gasteiger partial charge in [-0.2, -0.15) is 8.42 Å². The van der Waals surface area contributed by atoms with Crippen LogP contribution in [0.5, 0.6) is 0 Å². The fraction of sp³-hybridized carbons (Fsp3) is 0.100. The van der Waals surface area contributed by atoms with E-state index in [1.165, 1.54) is 13.0 Å². The molecule has 1 rings (SSSR count). The van der Waals surface area contributed by atoms with Gasteiger partial charge in [-0.1, -0.05) is 23.2 Å². The van der Waals surface area contributed by atoms with Crippen molar-refractivity contribution in [2.45, 2.75) is 6.92 Å². The number of carbonyl (C=O) groups excluding carboxylic acids is 1. The van der Waals surface area contributed by atoms with Gasteiger partial charge in [0.2, 0.25) is 5.96 Å². The Morgan fingerprint density at radius 2 is 1.70 bits per heavy atom. The minimum absolute atomic E-state index is 0.106. The normalized spacial score (nSPS) is 11.1. The third-order valence-electron chi connectivity index (χ3n) is 1.82. The van der Waals surface area contributed by atoms with Gasteiger partial charge in [0.25, 0.3) is 5.91 Å². The van der Waals surface area contributed by atoms with Crippen LogP contribution < -0.4 is 16.8 Å². The number of hydrogen-bond acceptors (Lipinski definition) is 5. The average molecular weight is 386 g/mol. The van der Waals surface area contributed by atoms with E-state index in [-0.39, 0.29) is 11.7 Å². The van der Waals surface area contributed by atoms with Crippen molar-refractivity contribution >= 4 is 56.9 Å². The average Bonchev–Trinajstić information content (AvgIpc) is 2.38. The maximum absolute atomic E-state index is 11.7. The van der Waals surface area contributed by atoms with E-state index in [4.69, 9.17) is 52.2 Å². The van der Waals surface area contributed by atoms with Crippen LogP contribution in [0.15, 0.2) is 28.4 Å². The molecule has 7 N–H and O–H groups in total. The van der Waals surface area contributed by atoms with Crippen molar-refractivity contribution in [1.82, 2.24) is 0 Å². The first-order chi connectivity index (χ1) is 10.4. The zero-order chi connectivity index (χ0) is 18.2. The van der Waals surface area contributed by atoms with Crippen LogP contribution in [-0.2, 0) is 15.2 Å². The Morgan fingerprint density at radius 3 is 2.13 bits per heavy atom. The number of guanidine groups is 1. The van der Waals surface area contributed by atoms with Crippen LogP contribution >= 0.6 is 23.2 Å². The van der Waals surface area contributed by atoms with E-state index in [9.17, 15) is 4.79 Å². The Balaban J connectivity index is 0.000000841. The number of anilines is 1. The number of hydrogen-bond donors (Lipinski definition) is 5. The molecule has 0 fully saturated rings. The number of halogens is 2. The summed E-state index contributed by atoms with van der Waals surface area (Å²) in [5.41, 5.74) is 10.8. The molecule has 0 saturated heterocycles. The summed E-state index contributed by atoms with van der Waals surface area (Å²) in [4.78, 5) is 11.7.